The van der Waals surface area contributed by atoms with Crippen LogP contribution in [0.4, 0.5) is 0 Å². The van der Waals surface area contributed by atoms with E-state index in [4.69, 9.17) is 0 Å². The van der Waals surface area contributed by atoms with Gasteiger partial charge in [0, 0.05) is 29.9 Å². The summed E-state index contributed by atoms with van der Waals surface area (Å²) in [4.78, 5) is 5.31. The molecule has 11 heavy (non-hydrogen) atoms. The van der Waals surface area contributed by atoms with Gasteiger partial charge in [0.05, 0.1) is 5.51 Å². The van der Waals surface area contributed by atoms with Gasteiger partial charge >= 0.3 is 0 Å². The number of hydrogen-bond donors (Lipinski definition) is 1. The Balaban J connectivity index is 2.04. The Morgan fingerprint density at radius 2 is 2.64 bits per heavy atom. The van der Waals surface area contributed by atoms with E-state index in [1.807, 2.05) is 23.5 Å². The molecule has 2 nitrogen and oxygen atoms in total. The van der Waals surface area contributed by atoms with Gasteiger partial charge in [0.15, 0.2) is 0 Å². The Kier molecular flexibility index (Phi) is 4.58. The molecule has 0 aliphatic rings. The van der Waals surface area contributed by atoms with Crippen LogP contribution in [0.25, 0.3) is 0 Å². The highest BCUT2D eigenvalue weighted by Crippen LogP contribution is 2.03. The molecule has 0 radical (unpaired) electrons. The lowest BCUT2D eigenvalue weighted by Crippen LogP contribution is -2.15. The van der Waals surface area contributed by atoms with E-state index in [1.165, 1.54) is 10.6 Å². The molecule has 0 saturated carbocycles. The van der Waals surface area contributed by atoms with Crippen molar-refractivity contribution < 1.29 is 0 Å². The lowest BCUT2D eigenvalue weighted by molar-refractivity contribution is 0.740. The van der Waals surface area contributed by atoms with E-state index in [9.17, 15) is 0 Å². The summed E-state index contributed by atoms with van der Waals surface area (Å²) in [5, 5.41) is 3.34. The maximum absolute atomic E-state index is 3.99. The van der Waals surface area contributed by atoms with Crippen molar-refractivity contribution in [2.75, 3.05) is 18.6 Å². The molecule has 0 atom stereocenters. The van der Waals surface area contributed by atoms with Crippen LogP contribution in [0.1, 0.15) is 4.88 Å². The predicted molar refractivity (Wildman–Crippen MR) is 52.2 cm³/mol. The van der Waals surface area contributed by atoms with E-state index in [1.54, 1.807) is 11.3 Å². The second-order valence-corrected chi connectivity index (χ2v) is 4.09. The fourth-order valence-electron chi connectivity index (χ4n) is 0.715. The molecule has 1 heterocycles. The molecule has 1 aromatic rings. The number of hydrogen-bond acceptors (Lipinski definition) is 4. The van der Waals surface area contributed by atoms with Crippen LogP contribution in [0.3, 0.4) is 0 Å². The summed E-state index contributed by atoms with van der Waals surface area (Å²) in [6.07, 6.45) is 4.03. The molecule has 0 fully saturated rings. The Bertz CT molecular complexity index is 175. The van der Waals surface area contributed by atoms with E-state index in [0.29, 0.717) is 0 Å². The van der Waals surface area contributed by atoms with Gasteiger partial charge in [-0.25, -0.2) is 0 Å². The van der Waals surface area contributed by atoms with Crippen molar-refractivity contribution in [1.82, 2.24) is 10.3 Å². The standard InChI is InChI=1S/C7H12N2S2/c1-10-3-2-8-4-7-5-9-6-11-7/h5-6,8H,2-4H2,1H3. The normalized spacial score (nSPS) is 10.3. The van der Waals surface area contributed by atoms with Crippen molar-refractivity contribution in [3.63, 3.8) is 0 Å². The van der Waals surface area contributed by atoms with Gasteiger partial charge in [0.2, 0.25) is 0 Å². The van der Waals surface area contributed by atoms with Crippen LogP contribution in [0.5, 0.6) is 0 Å². The summed E-state index contributed by atoms with van der Waals surface area (Å²) >= 11 is 3.56. The Hall–Kier alpha value is -0.0600. The zero-order chi connectivity index (χ0) is 7.94. The molecule has 4 heteroatoms. The van der Waals surface area contributed by atoms with E-state index in [-0.39, 0.29) is 0 Å². The third-order valence-corrected chi connectivity index (χ3v) is 2.66. The van der Waals surface area contributed by atoms with Gasteiger partial charge in [-0.15, -0.1) is 11.3 Å². The van der Waals surface area contributed by atoms with Crippen LogP contribution < -0.4 is 5.32 Å². The van der Waals surface area contributed by atoms with E-state index in [2.05, 4.69) is 16.6 Å². The highest BCUT2D eigenvalue weighted by Gasteiger charge is 1.91. The number of thiazole rings is 1. The SMILES string of the molecule is CSCCNCc1cncs1. The summed E-state index contributed by atoms with van der Waals surface area (Å²) < 4.78 is 0. The minimum Gasteiger partial charge on any atom is -0.311 e. The van der Waals surface area contributed by atoms with Gasteiger partial charge in [0.25, 0.3) is 0 Å². The average Bonchev–Trinajstić information content (AvgIpc) is 2.50. The molecule has 1 N–H and O–H groups in total. The van der Waals surface area contributed by atoms with E-state index >= 15 is 0 Å². The molecular formula is C7H12N2S2. The number of thioether (sulfide) groups is 1. The lowest BCUT2D eigenvalue weighted by atomic mass is 10.5. The zero-order valence-corrected chi connectivity index (χ0v) is 8.17. The largest absolute Gasteiger partial charge is 0.311 e. The van der Waals surface area contributed by atoms with Gasteiger partial charge < -0.3 is 5.32 Å². The third-order valence-electron chi connectivity index (χ3n) is 1.27. The molecule has 0 spiro atoms. The van der Waals surface area contributed by atoms with Crippen LogP contribution in [0, 0.1) is 0 Å². The smallest absolute Gasteiger partial charge is 0.0794 e. The minimum absolute atomic E-state index is 0.964. The molecule has 0 unspecified atom stereocenters. The van der Waals surface area contributed by atoms with Gasteiger partial charge in [-0.05, 0) is 6.26 Å². The summed E-state index contributed by atoms with van der Waals surface area (Å²) in [6, 6.07) is 0. The fourth-order valence-corrected chi connectivity index (χ4v) is 1.63. The molecule has 62 valence electrons. The monoisotopic (exact) mass is 188 g/mol. The third kappa shape index (κ3) is 3.74. The van der Waals surface area contributed by atoms with E-state index < -0.39 is 0 Å². The Morgan fingerprint density at radius 1 is 1.73 bits per heavy atom. The maximum atomic E-state index is 3.99. The van der Waals surface area contributed by atoms with Gasteiger partial charge in [-0.1, -0.05) is 0 Å². The Labute approximate surface area is 75.4 Å². The Morgan fingerprint density at radius 3 is 3.27 bits per heavy atom. The second kappa shape index (κ2) is 5.57. The summed E-state index contributed by atoms with van der Waals surface area (Å²) in [5.74, 6) is 1.18. The summed E-state index contributed by atoms with van der Waals surface area (Å²) in [5.41, 5.74) is 1.87. The fraction of sp³-hybridized carbons (Fsp3) is 0.571. The van der Waals surface area contributed by atoms with Crippen LogP contribution in [0.15, 0.2) is 11.7 Å². The molecule has 0 amide bonds. The first kappa shape index (κ1) is 9.03. The molecular weight excluding hydrogens is 176 g/mol. The van der Waals surface area contributed by atoms with Crippen molar-refractivity contribution in [2.24, 2.45) is 0 Å². The maximum Gasteiger partial charge on any atom is 0.0794 e. The van der Waals surface area contributed by atoms with Crippen LogP contribution >= 0.6 is 23.1 Å². The molecule has 0 saturated heterocycles. The van der Waals surface area contributed by atoms with Gasteiger partial charge in [-0.3, -0.25) is 4.98 Å². The number of nitrogens with one attached hydrogen (secondary N) is 1. The first-order valence-corrected chi connectivity index (χ1v) is 5.78. The van der Waals surface area contributed by atoms with Crippen LogP contribution in [0.2, 0.25) is 0 Å². The molecule has 1 aromatic heterocycles. The topological polar surface area (TPSA) is 24.9 Å². The number of nitrogens with zero attached hydrogens (tertiary/aromatic N) is 1. The van der Waals surface area contributed by atoms with E-state index in [0.717, 1.165) is 13.1 Å². The summed E-state index contributed by atoms with van der Waals surface area (Å²) in [6.45, 7) is 2.05. The first-order valence-electron chi connectivity index (χ1n) is 3.50. The first-order chi connectivity index (χ1) is 5.43. The molecule has 0 aromatic carbocycles. The van der Waals surface area contributed by atoms with Crippen molar-refractivity contribution in [3.8, 4) is 0 Å². The van der Waals surface area contributed by atoms with Gasteiger partial charge in [0.1, 0.15) is 0 Å². The van der Waals surface area contributed by atoms with Crippen molar-refractivity contribution in [1.29, 1.82) is 0 Å². The molecule has 0 aliphatic carbocycles. The molecule has 1 rings (SSSR count). The van der Waals surface area contributed by atoms with Crippen molar-refractivity contribution in [2.45, 2.75) is 6.54 Å². The predicted octanol–water partition coefficient (Wildman–Crippen LogP) is 1.60. The van der Waals surface area contributed by atoms with Crippen molar-refractivity contribution in [3.05, 3.63) is 16.6 Å². The molecule has 0 bridgehead atoms. The van der Waals surface area contributed by atoms with Crippen LogP contribution in [-0.4, -0.2) is 23.5 Å². The minimum atomic E-state index is 0.964. The highest BCUT2D eigenvalue weighted by atomic mass is 32.2. The van der Waals surface area contributed by atoms with Crippen LogP contribution in [-0.2, 0) is 6.54 Å². The number of aromatic nitrogens is 1. The summed E-state index contributed by atoms with van der Waals surface area (Å²) in [7, 11) is 0. The van der Waals surface area contributed by atoms with Gasteiger partial charge in [-0.2, -0.15) is 11.8 Å². The van der Waals surface area contributed by atoms with Crippen molar-refractivity contribution >= 4 is 23.1 Å². The highest BCUT2D eigenvalue weighted by molar-refractivity contribution is 7.98. The quantitative estimate of drug-likeness (QED) is 0.710. The molecule has 0 aliphatic heterocycles. The number of rotatable bonds is 5. The lowest BCUT2D eigenvalue weighted by Gasteiger charge is -1.99. The zero-order valence-electron chi connectivity index (χ0n) is 6.54. The second-order valence-electron chi connectivity index (χ2n) is 2.14. The average molecular weight is 188 g/mol.